The molecule has 0 spiro atoms. The van der Waals surface area contributed by atoms with Gasteiger partial charge in [-0.15, -0.1) is 0 Å². The van der Waals surface area contributed by atoms with Crippen molar-refractivity contribution in [3.63, 3.8) is 0 Å². The van der Waals surface area contributed by atoms with Crippen LogP contribution in [0.3, 0.4) is 0 Å². The molecule has 0 saturated heterocycles. The van der Waals surface area contributed by atoms with E-state index < -0.39 is 0 Å². The molecule has 0 atom stereocenters. The first-order chi connectivity index (χ1) is 13.0. The van der Waals surface area contributed by atoms with Crippen LogP contribution in [0.25, 0.3) is 0 Å². The average molecular weight is 371 g/mol. The van der Waals surface area contributed by atoms with Crippen LogP contribution >= 0.6 is 0 Å². The maximum absolute atomic E-state index is 12.2. The molecule has 0 unspecified atom stereocenters. The number of carbonyl (C=O) groups excluding carboxylic acids is 2. The van der Waals surface area contributed by atoms with Crippen LogP contribution in [0.1, 0.15) is 44.1 Å². The second kappa shape index (κ2) is 7.53. The zero-order valence-electron chi connectivity index (χ0n) is 16.0. The van der Waals surface area contributed by atoms with E-state index in [-0.39, 0.29) is 24.9 Å². The molecule has 0 heterocycles. The summed E-state index contributed by atoms with van der Waals surface area (Å²) in [6.07, 6.45) is 8.14. The molecule has 0 aromatic heterocycles. The monoisotopic (exact) mass is 371 g/mol. The Morgan fingerprint density at radius 1 is 1.04 bits per heavy atom. The van der Waals surface area contributed by atoms with Crippen LogP contribution in [0.2, 0.25) is 0 Å². The fraction of sp³-hybridized carbons (Fsp3) is 0.636. The molecule has 5 rings (SSSR count). The van der Waals surface area contributed by atoms with Crippen molar-refractivity contribution in [3.8, 4) is 5.75 Å². The van der Waals surface area contributed by atoms with E-state index >= 15 is 0 Å². The van der Waals surface area contributed by atoms with Gasteiger partial charge >= 0.3 is 5.97 Å². The van der Waals surface area contributed by atoms with Gasteiger partial charge in [0.1, 0.15) is 5.75 Å². The number of hydrogen-bond donors (Lipinski definition) is 1. The maximum Gasteiger partial charge on any atom is 0.310 e. The zero-order valence-corrected chi connectivity index (χ0v) is 16.0. The summed E-state index contributed by atoms with van der Waals surface area (Å²) in [7, 11) is 1.60. The van der Waals surface area contributed by atoms with Crippen molar-refractivity contribution in [2.45, 2.75) is 44.9 Å². The maximum atomic E-state index is 12.2. The lowest BCUT2D eigenvalue weighted by molar-refractivity contribution is -0.148. The smallest absolute Gasteiger partial charge is 0.310 e. The third-order valence-corrected chi connectivity index (χ3v) is 6.70. The summed E-state index contributed by atoms with van der Waals surface area (Å²) in [6, 6.07) is 7.27. The molecule has 0 radical (unpaired) electrons. The molecule has 1 N–H and O–H groups in total. The fourth-order valence-corrected chi connectivity index (χ4v) is 5.95. The largest absolute Gasteiger partial charge is 0.497 e. The topological polar surface area (TPSA) is 64.6 Å². The highest BCUT2D eigenvalue weighted by Gasteiger charge is 2.50. The van der Waals surface area contributed by atoms with Crippen molar-refractivity contribution < 1.29 is 19.1 Å². The number of rotatable bonds is 7. The van der Waals surface area contributed by atoms with Gasteiger partial charge in [-0.25, -0.2) is 0 Å². The van der Waals surface area contributed by atoms with Crippen LogP contribution in [0, 0.1) is 23.2 Å². The predicted octanol–water partition coefficient (Wildman–Crippen LogP) is 3.11. The lowest BCUT2D eigenvalue weighted by Crippen LogP contribution is -2.51. The molecular formula is C22H29NO4. The lowest BCUT2D eigenvalue weighted by Gasteiger charge is -2.56. The van der Waals surface area contributed by atoms with E-state index in [2.05, 4.69) is 5.32 Å². The molecular weight excluding hydrogens is 342 g/mol. The first kappa shape index (κ1) is 18.3. The van der Waals surface area contributed by atoms with Crippen LogP contribution in [-0.4, -0.2) is 32.1 Å². The number of methoxy groups -OCH3 is 1. The van der Waals surface area contributed by atoms with Gasteiger partial charge in [0.25, 0.3) is 5.91 Å². The zero-order chi connectivity index (χ0) is 18.9. The van der Waals surface area contributed by atoms with Gasteiger partial charge in [0.2, 0.25) is 0 Å². The van der Waals surface area contributed by atoms with Gasteiger partial charge in [0.05, 0.1) is 13.5 Å². The van der Waals surface area contributed by atoms with Crippen LogP contribution in [0.15, 0.2) is 24.3 Å². The Labute approximate surface area is 160 Å². The van der Waals surface area contributed by atoms with Crippen molar-refractivity contribution in [1.82, 2.24) is 5.32 Å². The summed E-state index contributed by atoms with van der Waals surface area (Å²) in [6.45, 7) is 0.548. The van der Waals surface area contributed by atoms with Crippen molar-refractivity contribution >= 4 is 11.9 Å². The summed E-state index contributed by atoms with van der Waals surface area (Å²) in [5.74, 6) is 2.79. The van der Waals surface area contributed by atoms with Gasteiger partial charge in [-0.05, 0) is 79.4 Å². The molecule has 27 heavy (non-hydrogen) atoms. The van der Waals surface area contributed by atoms with Crippen molar-refractivity contribution in [2.75, 3.05) is 20.3 Å². The van der Waals surface area contributed by atoms with Crippen molar-refractivity contribution in [3.05, 3.63) is 29.8 Å². The van der Waals surface area contributed by atoms with Crippen LogP contribution in [0.4, 0.5) is 0 Å². The van der Waals surface area contributed by atoms with E-state index in [0.717, 1.165) is 35.6 Å². The molecule has 4 aliphatic carbocycles. The van der Waals surface area contributed by atoms with E-state index in [1.807, 2.05) is 12.1 Å². The summed E-state index contributed by atoms with van der Waals surface area (Å²) >= 11 is 0. The molecule has 4 saturated carbocycles. The number of benzene rings is 1. The standard InChI is InChI=1S/C22H29NO4/c1-26-19-4-2-15(3-5-19)9-21(25)27-13-20(24)23-14-22-10-16-6-17(11-22)8-18(7-16)12-22/h2-5,16-18H,6-14H2,1H3,(H,23,24). The molecule has 146 valence electrons. The van der Waals surface area contributed by atoms with Gasteiger partial charge < -0.3 is 14.8 Å². The highest BCUT2D eigenvalue weighted by molar-refractivity contribution is 5.81. The molecule has 4 fully saturated rings. The molecule has 4 bridgehead atoms. The molecule has 5 nitrogen and oxygen atoms in total. The molecule has 4 aliphatic rings. The van der Waals surface area contributed by atoms with Gasteiger partial charge in [0.15, 0.2) is 6.61 Å². The number of hydrogen-bond acceptors (Lipinski definition) is 4. The van der Waals surface area contributed by atoms with E-state index in [4.69, 9.17) is 9.47 Å². The lowest BCUT2D eigenvalue weighted by atomic mass is 9.49. The van der Waals surface area contributed by atoms with Gasteiger partial charge in [0, 0.05) is 6.54 Å². The van der Waals surface area contributed by atoms with Crippen molar-refractivity contribution in [2.24, 2.45) is 23.2 Å². The second-order valence-electron chi connectivity index (χ2n) is 8.88. The summed E-state index contributed by atoms with van der Waals surface area (Å²) < 4.78 is 10.3. The number of carbonyl (C=O) groups is 2. The molecule has 5 heteroatoms. The van der Waals surface area contributed by atoms with Crippen LogP contribution in [0.5, 0.6) is 5.75 Å². The summed E-state index contributed by atoms with van der Waals surface area (Å²) in [4.78, 5) is 24.1. The Morgan fingerprint density at radius 3 is 2.19 bits per heavy atom. The van der Waals surface area contributed by atoms with E-state index in [1.165, 1.54) is 38.5 Å². The van der Waals surface area contributed by atoms with Gasteiger partial charge in [-0.3, -0.25) is 9.59 Å². The Balaban J connectivity index is 1.20. The van der Waals surface area contributed by atoms with E-state index in [9.17, 15) is 9.59 Å². The predicted molar refractivity (Wildman–Crippen MR) is 101 cm³/mol. The van der Waals surface area contributed by atoms with Crippen LogP contribution in [-0.2, 0) is 20.7 Å². The van der Waals surface area contributed by atoms with Crippen LogP contribution < -0.4 is 10.1 Å². The number of ether oxygens (including phenoxy) is 2. The molecule has 0 aliphatic heterocycles. The SMILES string of the molecule is COc1ccc(CC(=O)OCC(=O)NCC23CC4CC(CC(C4)C2)C3)cc1. The molecule has 1 aromatic carbocycles. The summed E-state index contributed by atoms with van der Waals surface area (Å²) in [5.41, 5.74) is 1.15. The number of amides is 1. The van der Waals surface area contributed by atoms with E-state index in [1.54, 1.807) is 19.2 Å². The minimum atomic E-state index is -0.384. The Morgan fingerprint density at radius 2 is 1.63 bits per heavy atom. The number of nitrogens with one attached hydrogen (secondary N) is 1. The quantitative estimate of drug-likeness (QED) is 0.748. The fourth-order valence-electron chi connectivity index (χ4n) is 5.95. The minimum Gasteiger partial charge on any atom is -0.497 e. The first-order valence-corrected chi connectivity index (χ1v) is 10.1. The second-order valence-corrected chi connectivity index (χ2v) is 8.88. The van der Waals surface area contributed by atoms with E-state index in [0.29, 0.717) is 5.41 Å². The average Bonchev–Trinajstić information content (AvgIpc) is 2.64. The Hall–Kier alpha value is -2.04. The van der Waals surface area contributed by atoms with Crippen molar-refractivity contribution in [1.29, 1.82) is 0 Å². The normalized spacial score (nSPS) is 30.8. The first-order valence-electron chi connectivity index (χ1n) is 10.1. The third kappa shape index (κ3) is 4.28. The molecule has 1 amide bonds. The van der Waals surface area contributed by atoms with Gasteiger partial charge in [-0.2, -0.15) is 0 Å². The summed E-state index contributed by atoms with van der Waals surface area (Å²) in [5, 5.41) is 3.04. The Bertz CT molecular complexity index is 661. The number of esters is 1. The molecule has 1 aromatic rings. The van der Waals surface area contributed by atoms with Gasteiger partial charge in [-0.1, -0.05) is 12.1 Å². The highest BCUT2D eigenvalue weighted by atomic mass is 16.5. The minimum absolute atomic E-state index is 0.159. The highest BCUT2D eigenvalue weighted by Crippen LogP contribution is 2.59. The third-order valence-electron chi connectivity index (χ3n) is 6.70. The Kier molecular flexibility index (Phi) is 5.11.